The van der Waals surface area contributed by atoms with Crippen LogP contribution in [0, 0.1) is 11.8 Å². The van der Waals surface area contributed by atoms with Gasteiger partial charge in [0.25, 0.3) is 0 Å². The highest BCUT2D eigenvalue weighted by Gasteiger charge is 2.49. The average Bonchev–Trinajstić information content (AvgIpc) is 3.17. The van der Waals surface area contributed by atoms with E-state index in [9.17, 15) is 9.59 Å². The molecule has 3 unspecified atom stereocenters. The van der Waals surface area contributed by atoms with Gasteiger partial charge in [0.05, 0.1) is 11.8 Å². The van der Waals surface area contributed by atoms with Gasteiger partial charge in [0, 0.05) is 24.7 Å². The van der Waals surface area contributed by atoms with Gasteiger partial charge in [-0.1, -0.05) is 24.6 Å². The van der Waals surface area contributed by atoms with Crippen LogP contribution in [0.3, 0.4) is 0 Å². The number of para-hydroxylation sites is 1. The molecule has 0 bridgehead atoms. The summed E-state index contributed by atoms with van der Waals surface area (Å²) in [6.45, 7) is 1.48. The summed E-state index contributed by atoms with van der Waals surface area (Å²) in [5.41, 5.74) is 2.51. The lowest BCUT2D eigenvalue weighted by molar-refractivity contribution is -0.140. The van der Waals surface area contributed by atoms with Crippen molar-refractivity contribution in [3.05, 3.63) is 29.8 Å². The number of likely N-dealkylation sites (tertiary alicyclic amines) is 1. The second-order valence-electron chi connectivity index (χ2n) is 6.43. The van der Waals surface area contributed by atoms with Crippen LogP contribution in [0.5, 0.6) is 0 Å². The van der Waals surface area contributed by atoms with Gasteiger partial charge in [-0.3, -0.25) is 14.5 Å². The highest BCUT2D eigenvalue weighted by molar-refractivity contribution is 6.05. The Kier molecular flexibility index (Phi) is 2.98. The third-order valence-electron chi connectivity index (χ3n) is 5.32. The molecule has 4 heteroatoms. The van der Waals surface area contributed by atoms with Gasteiger partial charge in [0.1, 0.15) is 0 Å². The Labute approximate surface area is 124 Å². The molecule has 3 aliphatic rings. The normalized spacial score (nSPS) is 30.5. The van der Waals surface area contributed by atoms with E-state index in [-0.39, 0.29) is 23.7 Å². The van der Waals surface area contributed by atoms with E-state index in [2.05, 4.69) is 23.5 Å². The Morgan fingerprint density at radius 3 is 2.57 bits per heavy atom. The first kappa shape index (κ1) is 12.9. The Balaban J connectivity index is 1.44. The second-order valence-corrected chi connectivity index (χ2v) is 6.43. The van der Waals surface area contributed by atoms with Gasteiger partial charge in [0.2, 0.25) is 11.8 Å². The van der Waals surface area contributed by atoms with E-state index in [0.29, 0.717) is 12.5 Å². The largest absolute Gasteiger partial charge is 0.384 e. The summed E-state index contributed by atoms with van der Waals surface area (Å²) >= 11 is 0. The Hall–Kier alpha value is -1.84. The highest BCUT2D eigenvalue weighted by atomic mass is 16.2. The van der Waals surface area contributed by atoms with E-state index >= 15 is 0 Å². The quantitative estimate of drug-likeness (QED) is 0.867. The van der Waals surface area contributed by atoms with E-state index in [1.165, 1.54) is 16.2 Å². The maximum Gasteiger partial charge on any atom is 0.233 e. The molecule has 1 aliphatic carbocycles. The SMILES string of the molecule is O=C1C2CCCC2C(=O)N1CCC1CNc2ccccc21. The van der Waals surface area contributed by atoms with Gasteiger partial charge < -0.3 is 5.32 Å². The number of hydrogen-bond donors (Lipinski definition) is 1. The van der Waals surface area contributed by atoms with E-state index < -0.39 is 0 Å². The van der Waals surface area contributed by atoms with Crippen molar-refractivity contribution < 1.29 is 9.59 Å². The lowest BCUT2D eigenvalue weighted by atomic mass is 9.98. The Morgan fingerprint density at radius 1 is 1.10 bits per heavy atom. The molecule has 4 nitrogen and oxygen atoms in total. The minimum Gasteiger partial charge on any atom is -0.384 e. The molecule has 1 saturated heterocycles. The first-order valence-electron chi connectivity index (χ1n) is 7.93. The molecular formula is C17H20N2O2. The number of nitrogens with one attached hydrogen (secondary N) is 1. The zero-order chi connectivity index (χ0) is 14.4. The van der Waals surface area contributed by atoms with Crippen LogP contribution >= 0.6 is 0 Å². The Morgan fingerprint density at radius 2 is 1.81 bits per heavy atom. The lowest BCUT2D eigenvalue weighted by Gasteiger charge is -2.18. The Bertz CT molecular complexity index is 576. The molecule has 1 aromatic carbocycles. The van der Waals surface area contributed by atoms with Crippen LogP contribution in [0.4, 0.5) is 5.69 Å². The standard InChI is InChI=1S/C17H20N2O2/c20-16-13-5-3-6-14(13)17(21)19(16)9-8-11-10-18-15-7-2-1-4-12(11)15/h1-2,4,7,11,13-14,18H,3,5-6,8-10H2. The second kappa shape index (κ2) is 4.86. The van der Waals surface area contributed by atoms with Crippen molar-refractivity contribution in [3.63, 3.8) is 0 Å². The van der Waals surface area contributed by atoms with Gasteiger partial charge >= 0.3 is 0 Å². The fourth-order valence-corrected chi connectivity index (χ4v) is 4.18. The first-order chi connectivity index (χ1) is 10.3. The predicted octanol–water partition coefficient (Wildman–Crippen LogP) is 2.37. The van der Waals surface area contributed by atoms with Crippen LogP contribution in [0.15, 0.2) is 24.3 Å². The zero-order valence-electron chi connectivity index (χ0n) is 12.0. The number of rotatable bonds is 3. The number of imide groups is 1. The summed E-state index contributed by atoms with van der Waals surface area (Å²) < 4.78 is 0. The smallest absolute Gasteiger partial charge is 0.233 e. The molecule has 0 radical (unpaired) electrons. The fourth-order valence-electron chi connectivity index (χ4n) is 4.18. The first-order valence-corrected chi connectivity index (χ1v) is 7.93. The molecule has 2 heterocycles. The molecule has 3 atom stereocenters. The van der Waals surface area contributed by atoms with Crippen LogP contribution in [0.1, 0.15) is 37.2 Å². The molecule has 0 aromatic heterocycles. The third-order valence-corrected chi connectivity index (χ3v) is 5.32. The summed E-state index contributed by atoms with van der Waals surface area (Å²) in [5.74, 6) is 0.559. The molecule has 2 amide bonds. The van der Waals surface area contributed by atoms with Gasteiger partial charge in [-0.05, 0) is 30.9 Å². The van der Waals surface area contributed by atoms with Crippen molar-refractivity contribution in [2.24, 2.45) is 11.8 Å². The number of nitrogens with zero attached hydrogens (tertiary/aromatic N) is 1. The number of anilines is 1. The topological polar surface area (TPSA) is 49.4 Å². The van der Waals surface area contributed by atoms with Crippen LogP contribution in [0.25, 0.3) is 0 Å². The van der Waals surface area contributed by atoms with Crippen LogP contribution in [-0.4, -0.2) is 29.8 Å². The predicted molar refractivity (Wildman–Crippen MR) is 79.8 cm³/mol. The average molecular weight is 284 g/mol. The highest BCUT2D eigenvalue weighted by Crippen LogP contribution is 2.40. The number of amides is 2. The van der Waals surface area contributed by atoms with Crippen molar-refractivity contribution in [2.45, 2.75) is 31.6 Å². The van der Waals surface area contributed by atoms with Crippen molar-refractivity contribution in [1.82, 2.24) is 4.90 Å². The number of benzene rings is 1. The molecule has 0 spiro atoms. The summed E-state index contributed by atoms with van der Waals surface area (Å²) in [7, 11) is 0. The van der Waals surface area contributed by atoms with E-state index in [4.69, 9.17) is 0 Å². The summed E-state index contributed by atoms with van der Waals surface area (Å²) in [5, 5.41) is 3.40. The summed E-state index contributed by atoms with van der Waals surface area (Å²) in [4.78, 5) is 26.2. The van der Waals surface area contributed by atoms with E-state index in [0.717, 1.165) is 32.2 Å². The van der Waals surface area contributed by atoms with E-state index in [1.54, 1.807) is 0 Å². The van der Waals surface area contributed by atoms with Crippen molar-refractivity contribution in [3.8, 4) is 0 Å². The van der Waals surface area contributed by atoms with Gasteiger partial charge in [-0.15, -0.1) is 0 Å². The van der Waals surface area contributed by atoms with Crippen molar-refractivity contribution in [1.29, 1.82) is 0 Å². The lowest BCUT2D eigenvalue weighted by Crippen LogP contribution is -2.33. The molecule has 1 N–H and O–H groups in total. The minimum absolute atomic E-state index is 0.00788. The van der Waals surface area contributed by atoms with Crippen LogP contribution in [-0.2, 0) is 9.59 Å². The van der Waals surface area contributed by atoms with Gasteiger partial charge in [0.15, 0.2) is 0 Å². The zero-order valence-corrected chi connectivity index (χ0v) is 12.0. The molecular weight excluding hydrogens is 264 g/mol. The van der Waals surface area contributed by atoms with E-state index in [1.807, 2.05) is 6.07 Å². The molecule has 1 saturated carbocycles. The third kappa shape index (κ3) is 1.96. The van der Waals surface area contributed by atoms with Crippen LogP contribution < -0.4 is 5.32 Å². The van der Waals surface area contributed by atoms with Crippen molar-refractivity contribution >= 4 is 17.5 Å². The summed E-state index contributed by atoms with van der Waals surface area (Å²) in [6.07, 6.45) is 3.70. The maximum atomic E-state index is 12.3. The van der Waals surface area contributed by atoms with Gasteiger partial charge in [-0.25, -0.2) is 0 Å². The van der Waals surface area contributed by atoms with Crippen LogP contribution in [0.2, 0.25) is 0 Å². The fraction of sp³-hybridized carbons (Fsp3) is 0.529. The monoisotopic (exact) mass is 284 g/mol. The molecule has 2 aliphatic heterocycles. The molecule has 4 rings (SSSR count). The summed E-state index contributed by atoms with van der Waals surface area (Å²) in [6, 6.07) is 8.31. The number of carbonyl (C=O) groups excluding carboxylic acids is 2. The number of hydrogen-bond acceptors (Lipinski definition) is 3. The molecule has 2 fully saturated rings. The molecule has 1 aromatic rings. The van der Waals surface area contributed by atoms with Crippen molar-refractivity contribution in [2.75, 3.05) is 18.4 Å². The minimum atomic E-state index is -0.00788. The number of fused-ring (bicyclic) bond motifs is 2. The molecule has 110 valence electrons. The van der Waals surface area contributed by atoms with Gasteiger partial charge in [-0.2, -0.15) is 0 Å². The molecule has 21 heavy (non-hydrogen) atoms. The number of carbonyl (C=O) groups is 2. The maximum absolute atomic E-state index is 12.3.